The normalized spacial score (nSPS) is 16.3. The van der Waals surface area contributed by atoms with Gasteiger partial charge in [-0.05, 0) is 43.9 Å². The molecule has 0 spiro atoms. The number of hydrogen-bond donors (Lipinski definition) is 1. The molecule has 0 saturated carbocycles. The number of nitrogens with zero attached hydrogens (tertiary/aromatic N) is 2. The molecule has 1 N–H and O–H groups in total. The minimum Gasteiger partial charge on any atom is -1.00 e. The number of hydrogen-bond acceptors (Lipinski definition) is 10. The second kappa shape index (κ2) is 16.5. The Morgan fingerprint density at radius 2 is 1.31 bits per heavy atom. The van der Waals surface area contributed by atoms with E-state index < -0.39 is 0 Å². The van der Waals surface area contributed by atoms with Gasteiger partial charge in [0, 0.05) is 30.8 Å². The Bertz CT molecular complexity index is 1210. The fourth-order valence-electron chi connectivity index (χ4n) is 4.41. The van der Waals surface area contributed by atoms with Crippen LogP contribution in [0.2, 0.25) is 0 Å². The van der Waals surface area contributed by atoms with Crippen LogP contribution in [-0.2, 0) is 27.2 Å². The Morgan fingerprint density at radius 3 is 1.79 bits per heavy atom. The number of aliphatic hydroxyl groups excluding tert-OH is 1. The summed E-state index contributed by atoms with van der Waals surface area (Å²) in [6, 6.07) is 0. The van der Waals surface area contributed by atoms with Crippen LogP contribution >= 0.6 is 0 Å². The van der Waals surface area contributed by atoms with Gasteiger partial charge in [0.05, 0.1) is 30.4 Å². The fourth-order valence-corrected chi connectivity index (χ4v) is 4.41. The molecule has 0 radical (unpaired) electrons. The number of aromatic nitrogens is 2. The van der Waals surface area contributed by atoms with E-state index in [1.807, 2.05) is 6.08 Å². The van der Waals surface area contributed by atoms with Crippen molar-refractivity contribution in [1.29, 1.82) is 0 Å². The average Bonchev–Trinajstić information content (AvgIpc) is 3.71. The second-order valence-corrected chi connectivity index (χ2v) is 8.73. The van der Waals surface area contributed by atoms with E-state index in [4.69, 9.17) is 38.4 Å². The molecular formula is C27H34AlLiN2O8. The van der Waals surface area contributed by atoms with Crippen molar-refractivity contribution in [2.75, 3.05) is 46.2 Å². The largest absolute Gasteiger partial charge is 1.00 e. The van der Waals surface area contributed by atoms with Crippen molar-refractivity contribution in [3.63, 3.8) is 0 Å². The van der Waals surface area contributed by atoms with Crippen LogP contribution in [-0.4, -0.2) is 84.8 Å². The standard InChI is InChI=1S/C11H11NO3.C11H11NO2.C4H8O.CO2.Al.Li.4H/c13-6-7-3-8-9(4-7)12-5-10-11(8)15-2-1-14-10;1-7-4-8-9(5-7)12-6-10-11(8)14-3-2-13-10;1-2-4-5-3-1;2-1-3;;;;;;/h4-5,13H,1-3,6H2;5-6H,2-4H2,1H3;1-4H2;;;;;;;/q;;;;;+1;;;;-1. The molecule has 1 saturated heterocycles. The number of allylic oxidation sites excluding steroid dienone is 1. The molecule has 0 unspecified atom stereocenters. The summed E-state index contributed by atoms with van der Waals surface area (Å²) in [5.41, 5.74) is 6.45. The number of carbonyl (C=O) groups excluding carboxylic acids is 2. The molecule has 5 aliphatic rings. The van der Waals surface area contributed by atoms with Gasteiger partial charge >= 0.3 is 25.0 Å². The zero-order valence-corrected chi connectivity index (χ0v) is 21.8. The second-order valence-electron chi connectivity index (χ2n) is 8.73. The number of fused-ring (bicyclic) bond motifs is 6. The van der Waals surface area contributed by atoms with Gasteiger partial charge in [0.15, 0.2) is 40.4 Å². The van der Waals surface area contributed by atoms with Gasteiger partial charge in [-0.25, -0.2) is 0 Å². The molecule has 7 rings (SSSR count). The Balaban J connectivity index is 0.000000298. The first-order valence-electron chi connectivity index (χ1n) is 12.2. The van der Waals surface area contributed by atoms with Crippen LogP contribution in [0.25, 0.3) is 12.2 Å². The van der Waals surface area contributed by atoms with Gasteiger partial charge in [-0.2, -0.15) is 9.59 Å². The third-order valence-electron chi connectivity index (χ3n) is 6.04. The summed E-state index contributed by atoms with van der Waals surface area (Å²) < 4.78 is 27.1. The molecule has 2 aromatic heterocycles. The van der Waals surface area contributed by atoms with Crippen molar-refractivity contribution in [2.45, 2.75) is 32.6 Å². The quantitative estimate of drug-likeness (QED) is 0.432. The summed E-state index contributed by atoms with van der Waals surface area (Å²) in [7, 11) is 0. The molecule has 2 aromatic rings. The number of ether oxygens (including phenoxy) is 5. The van der Waals surface area contributed by atoms with Crippen molar-refractivity contribution in [1.82, 2.24) is 9.97 Å². The first kappa shape index (κ1) is 32.6. The van der Waals surface area contributed by atoms with E-state index in [9.17, 15) is 0 Å². The van der Waals surface area contributed by atoms with Gasteiger partial charge in [-0.1, -0.05) is 5.57 Å². The van der Waals surface area contributed by atoms with Gasteiger partial charge in [-0.15, -0.1) is 0 Å². The molecule has 12 heteroatoms. The SMILES string of the molecule is C1CCOC1.CC1=Cc2ncc3c(c2C1)OCCO3.O=C=O.OCC1=Cc2ncc3c(c2C1)OCCO3.[AlH3].[H-].[Li+]. The van der Waals surface area contributed by atoms with E-state index in [1.54, 1.807) is 12.4 Å². The Morgan fingerprint density at radius 1 is 0.821 bits per heavy atom. The van der Waals surface area contributed by atoms with Crippen molar-refractivity contribution in [3.05, 3.63) is 46.1 Å². The summed E-state index contributed by atoms with van der Waals surface area (Å²) in [5.74, 6) is 3.20. The maximum absolute atomic E-state index is 9.07. The molecule has 0 bridgehead atoms. The summed E-state index contributed by atoms with van der Waals surface area (Å²) >= 11 is 0. The molecule has 0 aromatic carbocycles. The van der Waals surface area contributed by atoms with Crippen LogP contribution in [0.5, 0.6) is 23.0 Å². The molecule has 0 atom stereocenters. The van der Waals surface area contributed by atoms with E-state index in [0.717, 1.165) is 59.4 Å². The van der Waals surface area contributed by atoms with Gasteiger partial charge in [0.25, 0.3) is 0 Å². The monoisotopic (exact) mass is 548 g/mol. The third kappa shape index (κ3) is 8.45. The van der Waals surface area contributed by atoms with Crippen molar-refractivity contribution < 1.29 is 58.7 Å². The smallest absolute Gasteiger partial charge is 1.00 e. The summed E-state index contributed by atoms with van der Waals surface area (Å²) in [5, 5.41) is 9.07. The molecule has 10 nitrogen and oxygen atoms in total. The first-order chi connectivity index (χ1) is 18.1. The molecule has 39 heavy (non-hydrogen) atoms. The molecule has 5 heterocycles. The molecular weight excluding hydrogens is 514 g/mol. The summed E-state index contributed by atoms with van der Waals surface area (Å²) in [4.78, 5) is 24.9. The minimum absolute atomic E-state index is 0. The summed E-state index contributed by atoms with van der Waals surface area (Å²) in [6.07, 6.45) is 11.9. The van der Waals surface area contributed by atoms with E-state index in [2.05, 4.69) is 23.0 Å². The topological polar surface area (TPSA) is 126 Å². The molecule has 204 valence electrons. The Hall–Kier alpha value is -2.59. The molecule has 2 aliphatic carbocycles. The first-order valence-corrected chi connectivity index (χ1v) is 12.2. The zero-order valence-electron chi connectivity index (χ0n) is 22.8. The van der Waals surface area contributed by atoms with E-state index in [1.165, 1.54) is 24.0 Å². The number of aliphatic hydroxyl groups is 1. The Kier molecular flexibility index (Phi) is 13.8. The van der Waals surface area contributed by atoms with Crippen LogP contribution in [0.4, 0.5) is 0 Å². The molecule has 0 amide bonds. The van der Waals surface area contributed by atoms with Crippen molar-refractivity contribution >= 4 is 35.7 Å². The van der Waals surface area contributed by atoms with Crippen molar-refractivity contribution in [2.24, 2.45) is 0 Å². The van der Waals surface area contributed by atoms with Gasteiger partial charge in [-0.3, -0.25) is 9.97 Å². The minimum atomic E-state index is 0. The van der Waals surface area contributed by atoms with Crippen LogP contribution in [0, 0.1) is 0 Å². The van der Waals surface area contributed by atoms with Gasteiger partial charge < -0.3 is 30.2 Å². The molecule has 1 fully saturated rings. The summed E-state index contributed by atoms with van der Waals surface area (Å²) in [6.45, 7) is 6.61. The number of rotatable bonds is 1. The van der Waals surface area contributed by atoms with Gasteiger partial charge in [0.1, 0.15) is 26.4 Å². The fraction of sp³-hybridized carbons (Fsp3) is 0.444. The maximum atomic E-state index is 9.07. The maximum Gasteiger partial charge on any atom is 1.00 e. The van der Waals surface area contributed by atoms with E-state index >= 15 is 0 Å². The van der Waals surface area contributed by atoms with Crippen molar-refractivity contribution in [3.8, 4) is 23.0 Å². The van der Waals surface area contributed by atoms with Crippen LogP contribution in [0.15, 0.2) is 23.5 Å². The van der Waals surface area contributed by atoms with E-state index in [0.29, 0.717) is 38.6 Å². The zero-order chi connectivity index (χ0) is 26.0. The predicted molar refractivity (Wildman–Crippen MR) is 143 cm³/mol. The van der Waals surface area contributed by atoms with Crippen LogP contribution < -0.4 is 37.8 Å². The van der Waals surface area contributed by atoms with E-state index in [-0.39, 0.29) is 50.4 Å². The number of pyridine rings is 2. The molecule has 3 aliphatic heterocycles. The predicted octanol–water partition coefficient (Wildman–Crippen LogP) is -1.26. The Labute approximate surface area is 251 Å². The van der Waals surface area contributed by atoms with Crippen LogP contribution in [0.1, 0.15) is 43.7 Å². The average molecular weight is 548 g/mol. The van der Waals surface area contributed by atoms with Crippen LogP contribution in [0.3, 0.4) is 0 Å². The van der Waals surface area contributed by atoms with Gasteiger partial charge in [0.2, 0.25) is 0 Å². The third-order valence-corrected chi connectivity index (χ3v) is 6.04.